The summed E-state index contributed by atoms with van der Waals surface area (Å²) in [6, 6.07) is 0. The van der Waals surface area contributed by atoms with Crippen molar-refractivity contribution in [2.45, 2.75) is 90.0 Å². The summed E-state index contributed by atoms with van der Waals surface area (Å²) in [6.45, 7) is 12.6. The molecule has 0 bridgehead atoms. The molecule has 3 unspecified atom stereocenters. The number of aliphatic hydroxyl groups excluding tert-OH is 1. The number of hydrogen-bond acceptors (Lipinski definition) is 6. The highest BCUT2D eigenvalue weighted by Crippen LogP contribution is 2.27. The molecule has 1 aliphatic rings. The van der Waals surface area contributed by atoms with E-state index in [9.17, 15) is 5.11 Å². The first-order chi connectivity index (χ1) is 13.2. The third-order valence-electron chi connectivity index (χ3n) is 4.53. The Bertz CT molecular complexity index is 365. The Morgan fingerprint density at radius 1 is 0.889 bits per heavy atom. The lowest BCUT2D eigenvalue weighted by Crippen LogP contribution is -2.61. The summed E-state index contributed by atoms with van der Waals surface area (Å²) in [7, 11) is 0. The van der Waals surface area contributed by atoms with Crippen molar-refractivity contribution in [1.29, 1.82) is 0 Å². The van der Waals surface area contributed by atoms with Gasteiger partial charge in [-0.25, -0.2) is 0 Å². The highest BCUT2D eigenvalue weighted by Gasteiger charge is 2.47. The molecule has 0 saturated carbocycles. The van der Waals surface area contributed by atoms with Crippen LogP contribution in [0.25, 0.3) is 0 Å². The number of hydrogen-bond donors (Lipinski definition) is 1. The lowest BCUT2D eigenvalue weighted by Gasteiger charge is -2.44. The summed E-state index contributed by atoms with van der Waals surface area (Å²) in [5.74, 6) is 0. The zero-order valence-electron chi connectivity index (χ0n) is 17.4. The van der Waals surface area contributed by atoms with Crippen LogP contribution in [0, 0.1) is 0 Å². The fraction of sp³-hybridized carbons (Fsp3) is 0.905. The fourth-order valence-corrected chi connectivity index (χ4v) is 2.89. The monoisotopic (exact) mass is 388 g/mol. The molecule has 0 aromatic heterocycles. The predicted molar refractivity (Wildman–Crippen MR) is 106 cm³/mol. The maximum Gasteiger partial charge on any atom is 0.187 e. The minimum atomic E-state index is -0.916. The number of aliphatic hydroxyl groups is 1. The van der Waals surface area contributed by atoms with E-state index < -0.39 is 18.5 Å². The van der Waals surface area contributed by atoms with Gasteiger partial charge in [0.15, 0.2) is 6.29 Å². The molecule has 0 amide bonds. The van der Waals surface area contributed by atoms with Crippen LogP contribution >= 0.6 is 0 Å². The van der Waals surface area contributed by atoms with Gasteiger partial charge in [-0.3, -0.25) is 0 Å². The van der Waals surface area contributed by atoms with Gasteiger partial charge in [-0.15, -0.1) is 6.58 Å². The van der Waals surface area contributed by atoms with Crippen molar-refractivity contribution >= 4 is 0 Å². The molecule has 6 nitrogen and oxygen atoms in total. The van der Waals surface area contributed by atoms with E-state index in [4.69, 9.17) is 23.7 Å². The van der Waals surface area contributed by atoms with E-state index in [1.54, 1.807) is 6.08 Å². The van der Waals surface area contributed by atoms with Crippen LogP contribution in [0.15, 0.2) is 12.7 Å². The first-order valence-electron chi connectivity index (χ1n) is 10.6. The Morgan fingerprint density at radius 2 is 1.48 bits per heavy atom. The maximum absolute atomic E-state index is 10.8. The van der Waals surface area contributed by atoms with E-state index in [0.717, 1.165) is 38.5 Å². The van der Waals surface area contributed by atoms with Gasteiger partial charge in [-0.05, 0) is 19.3 Å². The topological polar surface area (TPSA) is 66.4 Å². The second-order valence-corrected chi connectivity index (χ2v) is 6.96. The second kappa shape index (κ2) is 15.4. The largest absolute Gasteiger partial charge is 0.385 e. The van der Waals surface area contributed by atoms with Crippen LogP contribution in [0.2, 0.25) is 0 Å². The zero-order chi connectivity index (χ0) is 19.9. The van der Waals surface area contributed by atoms with Gasteiger partial charge in [-0.1, -0.05) is 46.1 Å². The lowest BCUT2D eigenvalue weighted by atomic mass is 9.98. The van der Waals surface area contributed by atoms with Crippen LogP contribution in [0.4, 0.5) is 0 Å². The molecule has 6 heteroatoms. The molecule has 0 spiro atoms. The van der Waals surface area contributed by atoms with Gasteiger partial charge in [0.1, 0.15) is 24.4 Å². The van der Waals surface area contributed by atoms with Crippen LogP contribution in [-0.2, 0) is 23.7 Å². The molecule has 5 atom stereocenters. The van der Waals surface area contributed by atoms with Gasteiger partial charge in [-0.2, -0.15) is 0 Å². The molecular weight excluding hydrogens is 348 g/mol. The van der Waals surface area contributed by atoms with Crippen molar-refractivity contribution in [2.75, 3.05) is 33.0 Å². The first-order valence-corrected chi connectivity index (χ1v) is 10.6. The van der Waals surface area contributed by atoms with Gasteiger partial charge in [0, 0.05) is 19.8 Å². The molecule has 1 saturated heterocycles. The molecule has 27 heavy (non-hydrogen) atoms. The van der Waals surface area contributed by atoms with Crippen LogP contribution in [-0.4, -0.2) is 68.8 Å². The van der Waals surface area contributed by atoms with E-state index in [2.05, 4.69) is 27.4 Å². The molecule has 1 aliphatic heterocycles. The molecule has 1 heterocycles. The van der Waals surface area contributed by atoms with Gasteiger partial charge in [0.2, 0.25) is 0 Å². The van der Waals surface area contributed by atoms with E-state index in [1.807, 2.05) is 0 Å². The summed E-state index contributed by atoms with van der Waals surface area (Å²) in [5, 5.41) is 10.8. The van der Waals surface area contributed by atoms with Crippen molar-refractivity contribution in [2.24, 2.45) is 0 Å². The molecule has 160 valence electrons. The third kappa shape index (κ3) is 9.03. The first kappa shape index (κ1) is 24.5. The molecular formula is C21H40O6. The number of unbranched alkanes of at least 4 members (excludes halogenated alkanes) is 3. The molecule has 1 fully saturated rings. The Kier molecular flexibility index (Phi) is 14.0. The molecule has 0 aliphatic carbocycles. The van der Waals surface area contributed by atoms with Crippen molar-refractivity contribution in [3.8, 4) is 0 Å². The van der Waals surface area contributed by atoms with E-state index in [0.29, 0.717) is 33.0 Å². The summed E-state index contributed by atoms with van der Waals surface area (Å²) in [5.41, 5.74) is 0. The second-order valence-electron chi connectivity index (χ2n) is 6.96. The summed E-state index contributed by atoms with van der Waals surface area (Å²) in [4.78, 5) is 0. The van der Waals surface area contributed by atoms with E-state index >= 15 is 0 Å². The van der Waals surface area contributed by atoms with Gasteiger partial charge in [0.05, 0.1) is 13.2 Å². The smallest absolute Gasteiger partial charge is 0.187 e. The summed E-state index contributed by atoms with van der Waals surface area (Å²) in [6.07, 6.45) is 4.75. The average molecular weight is 389 g/mol. The van der Waals surface area contributed by atoms with Crippen molar-refractivity contribution in [1.82, 2.24) is 0 Å². The average Bonchev–Trinajstić information content (AvgIpc) is 2.67. The quantitative estimate of drug-likeness (QED) is 0.323. The molecule has 1 rings (SSSR count). The Morgan fingerprint density at radius 3 is 2.07 bits per heavy atom. The Hall–Kier alpha value is -0.500. The summed E-state index contributed by atoms with van der Waals surface area (Å²) < 4.78 is 29.6. The van der Waals surface area contributed by atoms with Crippen molar-refractivity contribution in [3.05, 3.63) is 12.7 Å². The van der Waals surface area contributed by atoms with E-state index in [-0.39, 0.29) is 12.2 Å². The minimum absolute atomic E-state index is 0.300. The summed E-state index contributed by atoms with van der Waals surface area (Å²) >= 11 is 0. The normalized spacial score (nSPS) is 28.4. The third-order valence-corrected chi connectivity index (χ3v) is 4.53. The zero-order valence-corrected chi connectivity index (χ0v) is 17.4. The fourth-order valence-electron chi connectivity index (χ4n) is 2.89. The van der Waals surface area contributed by atoms with Crippen molar-refractivity contribution in [3.63, 3.8) is 0 Å². The van der Waals surface area contributed by atoms with Crippen LogP contribution in [0.1, 0.15) is 59.3 Å². The van der Waals surface area contributed by atoms with E-state index in [1.165, 1.54) is 0 Å². The minimum Gasteiger partial charge on any atom is -0.385 e. The lowest BCUT2D eigenvalue weighted by molar-refractivity contribution is -0.313. The molecule has 1 N–H and O–H groups in total. The predicted octanol–water partition coefficient (Wildman–Crippen LogP) is 3.46. The number of rotatable bonds is 16. The Balaban J connectivity index is 2.83. The van der Waals surface area contributed by atoms with Gasteiger partial charge in [0.25, 0.3) is 0 Å². The van der Waals surface area contributed by atoms with Crippen molar-refractivity contribution < 1.29 is 28.8 Å². The standard InChI is InChI=1S/C21H40O6/c1-5-9-13-23-16-17-19(24-14-10-6-2)20(25-15-11-7-3)18(22)21(27-17)26-12-8-4/h8,17-22H,4-7,9-16H2,1-3H3/t17?,18?,19-,20?,21+/m1/s1. The highest BCUT2D eigenvalue weighted by molar-refractivity contribution is 4.92. The highest BCUT2D eigenvalue weighted by atomic mass is 16.7. The molecule has 0 radical (unpaired) electrons. The van der Waals surface area contributed by atoms with Crippen LogP contribution < -0.4 is 0 Å². The number of ether oxygens (including phenoxy) is 5. The SMILES string of the molecule is C=CCO[C@H]1OC(COCCCC)[C@@H](OCCCC)C(OCCCC)C1O. The molecule has 0 aromatic rings. The van der Waals surface area contributed by atoms with Crippen LogP contribution in [0.5, 0.6) is 0 Å². The Labute approximate surface area is 165 Å². The van der Waals surface area contributed by atoms with Crippen LogP contribution in [0.3, 0.4) is 0 Å². The van der Waals surface area contributed by atoms with Gasteiger partial charge >= 0.3 is 0 Å². The maximum atomic E-state index is 10.8. The van der Waals surface area contributed by atoms with Gasteiger partial charge < -0.3 is 28.8 Å². The molecule has 0 aromatic carbocycles.